The summed E-state index contributed by atoms with van der Waals surface area (Å²) < 4.78 is 0. The van der Waals surface area contributed by atoms with Gasteiger partial charge >= 0.3 is 0 Å². The summed E-state index contributed by atoms with van der Waals surface area (Å²) in [6.07, 6.45) is 0.241. The monoisotopic (exact) mass is 243 g/mol. The highest BCUT2D eigenvalue weighted by Crippen LogP contribution is 2.24. The molecule has 0 aliphatic rings. The highest BCUT2D eigenvalue weighted by Gasteiger charge is 2.23. The Morgan fingerprint density at radius 3 is 2.56 bits per heavy atom. The zero-order chi connectivity index (χ0) is 13.3. The molecule has 0 fully saturated rings. The van der Waals surface area contributed by atoms with Crippen LogP contribution in [-0.4, -0.2) is 16.2 Å². The lowest BCUT2D eigenvalue weighted by Crippen LogP contribution is -2.28. The molecular weight excluding hydrogens is 222 g/mol. The number of para-hydroxylation sites is 1. The molecule has 0 saturated carbocycles. The van der Waals surface area contributed by atoms with E-state index >= 15 is 0 Å². The first-order valence-electron chi connectivity index (χ1n) is 6.41. The molecule has 1 aromatic heterocycles. The number of benzene rings is 1. The molecule has 1 aromatic carbocycles. The van der Waals surface area contributed by atoms with Gasteiger partial charge in [0, 0.05) is 17.5 Å². The smallest absolute Gasteiger partial charge is 0.0705 e. The Kier molecular flexibility index (Phi) is 3.40. The van der Waals surface area contributed by atoms with E-state index in [9.17, 15) is 5.11 Å². The van der Waals surface area contributed by atoms with Crippen LogP contribution in [0.25, 0.3) is 10.9 Å². The first kappa shape index (κ1) is 13.0. The van der Waals surface area contributed by atoms with Gasteiger partial charge in [-0.3, -0.25) is 4.98 Å². The van der Waals surface area contributed by atoms with Crippen molar-refractivity contribution < 1.29 is 5.11 Å². The van der Waals surface area contributed by atoms with Gasteiger partial charge in [-0.2, -0.15) is 0 Å². The Morgan fingerprint density at radius 1 is 1.22 bits per heavy atom. The fraction of sp³-hybridized carbons (Fsp3) is 0.438. The molecule has 1 unspecified atom stereocenters. The van der Waals surface area contributed by atoms with Crippen LogP contribution in [0.5, 0.6) is 0 Å². The highest BCUT2D eigenvalue weighted by molar-refractivity contribution is 5.79. The van der Waals surface area contributed by atoms with E-state index in [0.717, 1.165) is 22.2 Å². The molecule has 2 nitrogen and oxygen atoms in total. The van der Waals surface area contributed by atoms with Gasteiger partial charge in [0.2, 0.25) is 0 Å². The standard InChI is InChI=1S/C16H21NO/c1-11-9-12-7-5-6-8-13(12)17-14(11)10-15(18)16(2,3)4/h5-9,15,18H,10H2,1-4H3. The first-order chi connectivity index (χ1) is 8.38. The van der Waals surface area contributed by atoms with Crippen molar-refractivity contribution in [3.8, 4) is 0 Å². The maximum atomic E-state index is 10.2. The molecule has 1 atom stereocenters. The van der Waals surface area contributed by atoms with Gasteiger partial charge in [-0.25, -0.2) is 0 Å². The third-order valence-corrected chi connectivity index (χ3v) is 3.41. The normalized spacial score (nSPS) is 13.8. The van der Waals surface area contributed by atoms with Crippen molar-refractivity contribution in [1.82, 2.24) is 4.98 Å². The van der Waals surface area contributed by atoms with E-state index in [2.05, 4.69) is 24.0 Å². The van der Waals surface area contributed by atoms with Gasteiger partial charge < -0.3 is 5.11 Å². The van der Waals surface area contributed by atoms with E-state index in [0.29, 0.717) is 6.42 Å². The molecule has 0 aliphatic carbocycles. The van der Waals surface area contributed by atoms with Crippen molar-refractivity contribution in [1.29, 1.82) is 0 Å². The number of hydrogen-bond acceptors (Lipinski definition) is 2. The quantitative estimate of drug-likeness (QED) is 0.875. The second-order valence-corrected chi connectivity index (χ2v) is 6.03. The number of hydrogen-bond donors (Lipinski definition) is 1. The molecule has 96 valence electrons. The molecule has 2 heteroatoms. The molecule has 0 bridgehead atoms. The van der Waals surface area contributed by atoms with Crippen LogP contribution in [0, 0.1) is 12.3 Å². The maximum Gasteiger partial charge on any atom is 0.0705 e. The molecule has 18 heavy (non-hydrogen) atoms. The van der Waals surface area contributed by atoms with E-state index in [1.165, 1.54) is 0 Å². The van der Waals surface area contributed by atoms with Gasteiger partial charge in [-0.15, -0.1) is 0 Å². The molecule has 2 aromatic rings. The molecule has 1 N–H and O–H groups in total. The molecule has 0 aliphatic heterocycles. The predicted molar refractivity (Wildman–Crippen MR) is 75.6 cm³/mol. The van der Waals surface area contributed by atoms with Gasteiger partial charge in [0.05, 0.1) is 11.6 Å². The van der Waals surface area contributed by atoms with Gasteiger partial charge in [0.1, 0.15) is 0 Å². The number of aryl methyl sites for hydroxylation is 1. The maximum absolute atomic E-state index is 10.2. The zero-order valence-corrected chi connectivity index (χ0v) is 11.6. The van der Waals surface area contributed by atoms with Gasteiger partial charge in [0.25, 0.3) is 0 Å². The second kappa shape index (κ2) is 4.69. The van der Waals surface area contributed by atoms with Crippen LogP contribution < -0.4 is 0 Å². The van der Waals surface area contributed by atoms with Crippen molar-refractivity contribution in [2.45, 2.75) is 40.2 Å². The lowest BCUT2D eigenvalue weighted by Gasteiger charge is -2.26. The Bertz CT molecular complexity index is 555. The van der Waals surface area contributed by atoms with E-state index in [4.69, 9.17) is 0 Å². The largest absolute Gasteiger partial charge is 0.392 e. The number of aromatic nitrogens is 1. The van der Waals surface area contributed by atoms with Crippen LogP contribution in [0.4, 0.5) is 0 Å². The zero-order valence-electron chi connectivity index (χ0n) is 11.6. The second-order valence-electron chi connectivity index (χ2n) is 6.03. The van der Waals surface area contributed by atoms with Crippen molar-refractivity contribution in [3.63, 3.8) is 0 Å². The summed E-state index contributed by atoms with van der Waals surface area (Å²) in [5, 5.41) is 11.4. The molecular formula is C16H21NO. The van der Waals surface area contributed by atoms with Crippen molar-refractivity contribution in [2.24, 2.45) is 5.41 Å². The summed E-state index contributed by atoms with van der Waals surface area (Å²) in [5.41, 5.74) is 3.03. The Morgan fingerprint density at radius 2 is 1.89 bits per heavy atom. The number of nitrogens with zero attached hydrogens (tertiary/aromatic N) is 1. The van der Waals surface area contributed by atoms with Crippen molar-refractivity contribution in [3.05, 3.63) is 41.6 Å². The molecule has 0 radical (unpaired) electrons. The van der Waals surface area contributed by atoms with Gasteiger partial charge in [0.15, 0.2) is 0 Å². The molecule has 0 amide bonds. The lowest BCUT2D eigenvalue weighted by atomic mass is 9.86. The summed E-state index contributed by atoms with van der Waals surface area (Å²) in [5.74, 6) is 0. The SMILES string of the molecule is Cc1cc2ccccc2nc1CC(O)C(C)(C)C. The van der Waals surface area contributed by atoms with E-state index in [1.807, 2.05) is 39.0 Å². The number of aliphatic hydroxyl groups excluding tert-OH is 1. The first-order valence-corrected chi connectivity index (χ1v) is 6.41. The lowest BCUT2D eigenvalue weighted by molar-refractivity contribution is 0.0627. The minimum atomic E-state index is -0.370. The molecule has 0 spiro atoms. The molecule has 2 rings (SSSR count). The topological polar surface area (TPSA) is 33.1 Å². The number of rotatable bonds is 2. The minimum Gasteiger partial charge on any atom is -0.392 e. The van der Waals surface area contributed by atoms with Crippen LogP contribution in [0.1, 0.15) is 32.0 Å². The summed E-state index contributed by atoms with van der Waals surface area (Å²) in [6.45, 7) is 8.21. The molecule has 1 heterocycles. The Labute approximate surface area is 109 Å². The van der Waals surface area contributed by atoms with Crippen LogP contribution >= 0.6 is 0 Å². The van der Waals surface area contributed by atoms with Crippen molar-refractivity contribution >= 4 is 10.9 Å². The third-order valence-electron chi connectivity index (χ3n) is 3.41. The summed E-state index contributed by atoms with van der Waals surface area (Å²) in [7, 11) is 0. The summed E-state index contributed by atoms with van der Waals surface area (Å²) in [4.78, 5) is 4.67. The number of fused-ring (bicyclic) bond motifs is 1. The fourth-order valence-corrected chi connectivity index (χ4v) is 1.96. The molecule has 0 saturated heterocycles. The number of pyridine rings is 1. The van der Waals surface area contributed by atoms with E-state index in [1.54, 1.807) is 0 Å². The predicted octanol–water partition coefficient (Wildman–Crippen LogP) is 3.49. The van der Waals surface area contributed by atoms with E-state index < -0.39 is 0 Å². The third kappa shape index (κ3) is 2.70. The van der Waals surface area contributed by atoms with Gasteiger partial charge in [-0.05, 0) is 30.0 Å². The fourth-order valence-electron chi connectivity index (χ4n) is 1.96. The summed E-state index contributed by atoms with van der Waals surface area (Å²) in [6, 6.07) is 10.2. The minimum absolute atomic E-state index is 0.111. The van der Waals surface area contributed by atoms with Crippen LogP contribution in [0.15, 0.2) is 30.3 Å². The Balaban J connectivity index is 2.36. The Hall–Kier alpha value is -1.41. The van der Waals surface area contributed by atoms with Gasteiger partial charge in [-0.1, -0.05) is 39.0 Å². The summed E-state index contributed by atoms with van der Waals surface area (Å²) >= 11 is 0. The van der Waals surface area contributed by atoms with Crippen LogP contribution in [-0.2, 0) is 6.42 Å². The highest BCUT2D eigenvalue weighted by atomic mass is 16.3. The number of aliphatic hydroxyl groups is 1. The van der Waals surface area contributed by atoms with Crippen LogP contribution in [0.2, 0.25) is 0 Å². The van der Waals surface area contributed by atoms with Crippen molar-refractivity contribution in [2.75, 3.05) is 0 Å². The van der Waals surface area contributed by atoms with E-state index in [-0.39, 0.29) is 11.5 Å². The average molecular weight is 243 g/mol. The van der Waals surface area contributed by atoms with Crippen LogP contribution in [0.3, 0.4) is 0 Å². The average Bonchev–Trinajstić information content (AvgIpc) is 2.28.